The summed E-state index contributed by atoms with van der Waals surface area (Å²) < 4.78 is 32.4. The molecule has 0 fully saturated rings. The fourth-order valence-electron chi connectivity index (χ4n) is 3.67. The zero-order valence-electron chi connectivity index (χ0n) is 19.7. The van der Waals surface area contributed by atoms with E-state index in [2.05, 4.69) is 6.92 Å². The van der Waals surface area contributed by atoms with E-state index >= 15 is 0 Å². The van der Waals surface area contributed by atoms with Gasteiger partial charge in [-0.3, -0.25) is 0 Å². The molecule has 2 unspecified atom stereocenters. The fraction of sp³-hybridized carbons (Fsp3) is 1.00. The number of rotatable bonds is 21. The van der Waals surface area contributed by atoms with Gasteiger partial charge in [-0.2, -0.15) is 0 Å². The van der Waals surface area contributed by atoms with Crippen LogP contribution >= 0.6 is 0 Å². The maximum absolute atomic E-state index is 10.8. The Morgan fingerprint density at radius 3 is 1.31 bits per heavy atom. The summed E-state index contributed by atoms with van der Waals surface area (Å²) in [7, 11) is -4.09. The van der Waals surface area contributed by atoms with Gasteiger partial charge >= 0.3 is 29.6 Å². The monoisotopic (exact) mass is 442 g/mol. The SMILES string of the molecule is CCCCCC(O)CCCCCCCCCCCCCCCC(C)S(=O)(=O)[O-].[Na+]. The topological polar surface area (TPSA) is 77.4 Å². The molecule has 4 nitrogen and oxygen atoms in total. The van der Waals surface area contributed by atoms with Crippen molar-refractivity contribution < 1.29 is 47.6 Å². The predicted molar refractivity (Wildman–Crippen MR) is 119 cm³/mol. The number of hydrogen-bond donors (Lipinski definition) is 1. The molecule has 0 spiro atoms. The molecule has 0 aromatic carbocycles. The molecule has 0 amide bonds. The minimum atomic E-state index is -4.09. The van der Waals surface area contributed by atoms with Crippen molar-refractivity contribution in [3.05, 3.63) is 0 Å². The first-order chi connectivity index (χ1) is 13.4. The summed E-state index contributed by atoms with van der Waals surface area (Å²) in [6, 6.07) is 0. The van der Waals surface area contributed by atoms with E-state index in [1.165, 1.54) is 90.4 Å². The van der Waals surface area contributed by atoms with Crippen molar-refractivity contribution in [1.29, 1.82) is 0 Å². The van der Waals surface area contributed by atoms with Crippen molar-refractivity contribution in [2.45, 2.75) is 147 Å². The second-order valence-electron chi connectivity index (χ2n) is 8.63. The van der Waals surface area contributed by atoms with Crippen LogP contribution in [0.1, 0.15) is 136 Å². The first kappa shape index (κ1) is 32.1. The van der Waals surface area contributed by atoms with Gasteiger partial charge in [0.2, 0.25) is 0 Å². The van der Waals surface area contributed by atoms with Gasteiger partial charge in [-0.05, 0) is 26.2 Å². The van der Waals surface area contributed by atoms with Crippen LogP contribution < -0.4 is 29.6 Å². The van der Waals surface area contributed by atoms with E-state index in [4.69, 9.17) is 0 Å². The van der Waals surface area contributed by atoms with E-state index in [-0.39, 0.29) is 35.7 Å². The molecule has 0 aliphatic heterocycles. The Balaban J connectivity index is 0. The summed E-state index contributed by atoms with van der Waals surface area (Å²) in [6.07, 6.45) is 21.9. The molecule has 0 aliphatic rings. The molecule has 1 N–H and O–H groups in total. The van der Waals surface area contributed by atoms with Gasteiger partial charge in [0, 0.05) is 5.25 Å². The number of unbranched alkanes of at least 4 members (excludes halogenated alkanes) is 14. The minimum Gasteiger partial charge on any atom is -0.748 e. The second kappa shape index (κ2) is 22.1. The molecule has 0 bridgehead atoms. The molecule has 0 saturated heterocycles. The average molecular weight is 443 g/mol. The van der Waals surface area contributed by atoms with Crippen LogP contribution in [-0.4, -0.2) is 29.4 Å². The molecular weight excluding hydrogens is 395 g/mol. The maximum Gasteiger partial charge on any atom is 1.00 e. The molecule has 170 valence electrons. The Labute approximate surface area is 204 Å². The van der Waals surface area contributed by atoms with Crippen molar-refractivity contribution in [2.24, 2.45) is 0 Å². The first-order valence-corrected chi connectivity index (χ1v) is 13.5. The van der Waals surface area contributed by atoms with E-state index in [0.717, 1.165) is 32.1 Å². The summed E-state index contributed by atoms with van der Waals surface area (Å²) in [5, 5.41) is 9.15. The van der Waals surface area contributed by atoms with Crippen molar-refractivity contribution in [2.75, 3.05) is 0 Å². The summed E-state index contributed by atoms with van der Waals surface area (Å²) in [5.74, 6) is 0. The van der Waals surface area contributed by atoms with Crippen LogP contribution in [0, 0.1) is 0 Å². The van der Waals surface area contributed by atoms with Crippen molar-refractivity contribution >= 4 is 10.1 Å². The smallest absolute Gasteiger partial charge is 0.748 e. The van der Waals surface area contributed by atoms with Crippen molar-refractivity contribution in [1.82, 2.24) is 0 Å². The third-order valence-electron chi connectivity index (χ3n) is 5.78. The van der Waals surface area contributed by atoms with Crippen LogP contribution in [0.2, 0.25) is 0 Å². The Kier molecular flexibility index (Phi) is 24.4. The normalized spacial score (nSPS) is 13.8. The van der Waals surface area contributed by atoms with E-state index in [1.54, 1.807) is 0 Å². The summed E-state index contributed by atoms with van der Waals surface area (Å²) in [4.78, 5) is 0. The molecule has 0 aromatic rings. The number of hydrogen-bond acceptors (Lipinski definition) is 4. The molecule has 29 heavy (non-hydrogen) atoms. The summed E-state index contributed by atoms with van der Waals surface area (Å²) in [5.41, 5.74) is 0. The predicted octanol–water partition coefficient (Wildman–Crippen LogP) is 3.72. The summed E-state index contributed by atoms with van der Waals surface area (Å²) in [6.45, 7) is 3.71. The zero-order chi connectivity index (χ0) is 21.1. The maximum atomic E-state index is 10.8. The minimum absolute atomic E-state index is 0. The Morgan fingerprint density at radius 2 is 0.966 bits per heavy atom. The molecular formula is C23H47NaO4S. The fourth-order valence-corrected chi connectivity index (χ4v) is 4.13. The molecule has 0 aromatic heterocycles. The van der Waals surface area contributed by atoms with E-state index in [0.29, 0.717) is 6.42 Å². The van der Waals surface area contributed by atoms with Gasteiger partial charge in [0.1, 0.15) is 0 Å². The molecule has 6 heteroatoms. The first-order valence-electron chi connectivity index (χ1n) is 12.0. The van der Waals surface area contributed by atoms with Crippen molar-refractivity contribution in [3.63, 3.8) is 0 Å². The summed E-state index contributed by atoms with van der Waals surface area (Å²) >= 11 is 0. The quantitative estimate of drug-likeness (QED) is 0.167. The van der Waals surface area contributed by atoms with Crippen LogP contribution in [0.3, 0.4) is 0 Å². The molecule has 0 aliphatic carbocycles. The second-order valence-corrected chi connectivity index (χ2v) is 10.4. The van der Waals surface area contributed by atoms with Gasteiger partial charge in [-0.15, -0.1) is 0 Å². The van der Waals surface area contributed by atoms with Crippen LogP contribution in [0.25, 0.3) is 0 Å². The number of aliphatic hydroxyl groups excluding tert-OH is 1. The Morgan fingerprint density at radius 1 is 0.655 bits per heavy atom. The zero-order valence-corrected chi connectivity index (χ0v) is 22.5. The van der Waals surface area contributed by atoms with Crippen LogP contribution in [0.4, 0.5) is 0 Å². The Hall–Kier alpha value is 0.870. The van der Waals surface area contributed by atoms with Crippen LogP contribution in [0.15, 0.2) is 0 Å². The van der Waals surface area contributed by atoms with E-state index in [1.807, 2.05) is 0 Å². The molecule has 0 radical (unpaired) electrons. The van der Waals surface area contributed by atoms with Gasteiger partial charge in [0.15, 0.2) is 0 Å². The van der Waals surface area contributed by atoms with Crippen molar-refractivity contribution in [3.8, 4) is 0 Å². The van der Waals surface area contributed by atoms with Gasteiger partial charge in [0.25, 0.3) is 0 Å². The standard InChI is InChI=1S/C23H48O4S.Na/c1-3-4-16-20-23(24)21-18-15-13-11-9-7-5-6-8-10-12-14-17-19-22(2)28(25,26)27;/h22-24H,3-21H2,1-2H3,(H,25,26,27);/q;+1/p-1. The van der Waals surface area contributed by atoms with Gasteiger partial charge < -0.3 is 9.66 Å². The van der Waals surface area contributed by atoms with Gasteiger partial charge in [0.05, 0.1) is 16.2 Å². The average Bonchev–Trinajstić information content (AvgIpc) is 2.64. The molecule has 0 rings (SSSR count). The van der Waals surface area contributed by atoms with Crippen LogP contribution in [-0.2, 0) is 10.1 Å². The number of aliphatic hydroxyl groups is 1. The Bertz CT molecular complexity index is 429. The molecule has 0 saturated carbocycles. The third-order valence-corrected chi connectivity index (χ3v) is 7.00. The molecule has 2 atom stereocenters. The largest absolute Gasteiger partial charge is 1.00 e. The third kappa shape index (κ3) is 23.4. The van der Waals surface area contributed by atoms with E-state index in [9.17, 15) is 18.1 Å². The van der Waals surface area contributed by atoms with Gasteiger partial charge in [-0.1, -0.05) is 110 Å². The van der Waals surface area contributed by atoms with Gasteiger partial charge in [-0.25, -0.2) is 8.42 Å². The van der Waals surface area contributed by atoms with Crippen LogP contribution in [0.5, 0.6) is 0 Å². The van der Waals surface area contributed by atoms with E-state index < -0.39 is 15.4 Å². The molecule has 0 heterocycles.